The fourth-order valence-corrected chi connectivity index (χ4v) is 5.44. The zero-order valence-corrected chi connectivity index (χ0v) is 19.8. The predicted molar refractivity (Wildman–Crippen MR) is 132 cm³/mol. The maximum Gasteiger partial charge on any atom is 0.282 e. The number of thiazole rings is 1. The summed E-state index contributed by atoms with van der Waals surface area (Å²) in [5.74, 6) is 0.119. The maximum atomic E-state index is 12.9. The number of nitriles is 1. The first-order valence-electron chi connectivity index (χ1n) is 11.4. The molecule has 2 aliphatic rings. The summed E-state index contributed by atoms with van der Waals surface area (Å²) in [5.41, 5.74) is 4.66. The molecule has 7 nitrogen and oxygen atoms in total. The maximum absolute atomic E-state index is 12.9. The molecule has 172 valence electrons. The highest BCUT2D eigenvalue weighted by molar-refractivity contribution is 7.11. The number of benzene rings is 2. The molecule has 0 radical (unpaired) electrons. The van der Waals surface area contributed by atoms with Gasteiger partial charge in [-0.1, -0.05) is 18.2 Å². The summed E-state index contributed by atoms with van der Waals surface area (Å²) in [6.07, 6.45) is 2.14. The standard InChI is InChI=1S/C26H25N5O2S/c1-18-13-19(16-27)5-6-23(18)20-3-2-4-21(14-20)31-17-22(15-24(31)32)29-8-10-30(11-9-29)26(33)25-28-7-12-34-25/h2-7,12-14,22H,8-11,15,17H2,1H3. The summed E-state index contributed by atoms with van der Waals surface area (Å²) in [4.78, 5) is 35.7. The first-order chi connectivity index (χ1) is 16.5. The Balaban J connectivity index is 1.26. The van der Waals surface area contributed by atoms with E-state index in [1.165, 1.54) is 11.3 Å². The van der Waals surface area contributed by atoms with E-state index in [4.69, 9.17) is 5.26 Å². The van der Waals surface area contributed by atoms with Crippen molar-refractivity contribution in [2.75, 3.05) is 37.6 Å². The zero-order valence-electron chi connectivity index (χ0n) is 19.0. The van der Waals surface area contributed by atoms with E-state index < -0.39 is 0 Å². The Bertz CT molecular complexity index is 1260. The molecule has 0 spiro atoms. The number of nitrogens with zero attached hydrogens (tertiary/aromatic N) is 5. The van der Waals surface area contributed by atoms with Crippen LogP contribution >= 0.6 is 11.3 Å². The molecule has 2 aromatic carbocycles. The van der Waals surface area contributed by atoms with Gasteiger partial charge in [0.15, 0.2) is 5.01 Å². The van der Waals surface area contributed by atoms with Gasteiger partial charge in [-0.2, -0.15) is 5.26 Å². The van der Waals surface area contributed by atoms with Crippen molar-refractivity contribution in [2.24, 2.45) is 0 Å². The molecule has 2 fully saturated rings. The van der Waals surface area contributed by atoms with Crippen molar-refractivity contribution in [2.45, 2.75) is 19.4 Å². The average molecular weight is 472 g/mol. The van der Waals surface area contributed by atoms with Gasteiger partial charge in [-0.25, -0.2) is 4.98 Å². The van der Waals surface area contributed by atoms with Crippen molar-refractivity contribution < 1.29 is 9.59 Å². The second-order valence-electron chi connectivity index (χ2n) is 8.72. The molecule has 34 heavy (non-hydrogen) atoms. The first kappa shape index (κ1) is 22.3. The number of anilines is 1. The smallest absolute Gasteiger partial charge is 0.282 e. The molecule has 2 amide bonds. The number of amides is 2. The molecule has 2 saturated heterocycles. The molecule has 5 rings (SSSR count). The van der Waals surface area contributed by atoms with Gasteiger partial charge in [-0.3, -0.25) is 14.5 Å². The summed E-state index contributed by atoms with van der Waals surface area (Å²) in [6, 6.07) is 16.0. The molecular weight excluding hydrogens is 446 g/mol. The number of carbonyl (C=O) groups is 2. The van der Waals surface area contributed by atoms with Crippen LogP contribution in [0.2, 0.25) is 0 Å². The molecular formula is C26H25N5O2S. The number of aromatic nitrogens is 1. The SMILES string of the molecule is Cc1cc(C#N)ccc1-c1cccc(N2CC(N3CCN(C(=O)c4nccs4)CC3)CC2=O)c1. The summed E-state index contributed by atoms with van der Waals surface area (Å²) < 4.78 is 0. The van der Waals surface area contributed by atoms with Crippen LogP contribution in [0.25, 0.3) is 11.1 Å². The zero-order chi connectivity index (χ0) is 23.7. The second-order valence-corrected chi connectivity index (χ2v) is 9.61. The summed E-state index contributed by atoms with van der Waals surface area (Å²) in [6.45, 7) is 5.46. The van der Waals surface area contributed by atoms with Crippen molar-refractivity contribution in [1.29, 1.82) is 5.26 Å². The summed E-state index contributed by atoms with van der Waals surface area (Å²) >= 11 is 1.37. The normalized spacial score (nSPS) is 18.8. The van der Waals surface area contributed by atoms with Crippen LogP contribution in [0.4, 0.5) is 5.69 Å². The highest BCUT2D eigenvalue weighted by Crippen LogP contribution is 2.31. The number of rotatable bonds is 4. The van der Waals surface area contributed by atoms with Gasteiger partial charge in [0.2, 0.25) is 5.91 Å². The van der Waals surface area contributed by atoms with Gasteiger partial charge in [-0.15, -0.1) is 11.3 Å². The lowest BCUT2D eigenvalue weighted by Gasteiger charge is -2.37. The minimum atomic E-state index is -0.00585. The molecule has 0 N–H and O–H groups in total. The fraction of sp³-hybridized carbons (Fsp3) is 0.308. The highest BCUT2D eigenvalue weighted by Gasteiger charge is 2.36. The van der Waals surface area contributed by atoms with Crippen LogP contribution in [0, 0.1) is 18.3 Å². The summed E-state index contributed by atoms with van der Waals surface area (Å²) in [7, 11) is 0. The van der Waals surface area contributed by atoms with E-state index in [-0.39, 0.29) is 17.9 Å². The molecule has 0 saturated carbocycles. The van der Waals surface area contributed by atoms with Crippen molar-refractivity contribution in [3.63, 3.8) is 0 Å². The predicted octanol–water partition coefficient (Wildman–Crippen LogP) is 3.55. The number of piperazine rings is 1. The van der Waals surface area contributed by atoms with E-state index in [1.54, 1.807) is 6.20 Å². The van der Waals surface area contributed by atoms with Gasteiger partial charge in [-0.05, 0) is 47.9 Å². The molecule has 8 heteroatoms. The molecule has 2 aliphatic heterocycles. The molecule has 3 aromatic rings. The van der Waals surface area contributed by atoms with Gasteiger partial charge in [0.1, 0.15) is 0 Å². The first-order valence-corrected chi connectivity index (χ1v) is 12.3. The lowest BCUT2D eigenvalue weighted by atomic mass is 9.98. The average Bonchev–Trinajstić information content (AvgIpc) is 3.54. The van der Waals surface area contributed by atoms with Gasteiger partial charge in [0.05, 0.1) is 11.6 Å². The lowest BCUT2D eigenvalue weighted by molar-refractivity contribution is -0.117. The number of carbonyl (C=O) groups excluding carboxylic acids is 2. The Morgan fingerprint density at radius 3 is 2.68 bits per heavy atom. The Hall–Kier alpha value is -3.54. The topological polar surface area (TPSA) is 80.5 Å². The molecule has 1 aromatic heterocycles. The van der Waals surface area contributed by atoms with E-state index in [9.17, 15) is 9.59 Å². The van der Waals surface area contributed by atoms with Crippen LogP contribution in [0.3, 0.4) is 0 Å². The van der Waals surface area contributed by atoms with Crippen molar-refractivity contribution in [3.8, 4) is 17.2 Å². The largest absolute Gasteiger partial charge is 0.334 e. The third kappa shape index (κ3) is 4.32. The van der Waals surface area contributed by atoms with Crippen LogP contribution in [0.5, 0.6) is 0 Å². The van der Waals surface area contributed by atoms with E-state index >= 15 is 0 Å². The van der Waals surface area contributed by atoms with Gasteiger partial charge < -0.3 is 9.80 Å². The number of hydrogen-bond donors (Lipinski definition) is 0. The number of hydrogen-bond acceptors (Lipinski definition) is 6. The van der Waals surface area contributed by atoms with Crippen molar-refractivity contribution in [3.05, 3.63) is 70.2 Å². The Morgan fingerprint density at radius 2 is 1.97 bits per heavy atom. The number of aryl methyl sites for hydroxylation is 1. The second kappa shape index (κ2) is 9.37. The van der Waals surface area contributed by atoms with Crippen LogP contribution in [-0.4, -0.2) is 65.4 Å². The Kier molecular flexibility index (Phi) is 6.14. The molecule has 3 heterocycles. The van der Waals surface area contributed by atoms with Crippen molar-refractivity contribution in [1.82, 2.24) is 14.8 Å². The van der Waals surface area contributed by atoms with E-state index in [0.29, 0.717) is 36.6 Å². The van der Waals surface area contributed by atoms with Crippen LogP contribution in [-0.2, 0) is 4.79 Å². The van der Waals surface area contributed by atoms with E-state index in [2.05, 4.69) is 22.0 Å². The van der Waals surface area contributed by atoms with Gasteiger partial charge in [0.25, 0.3) is 5.91 Å². The Morgan fingerprint density at radius 1 is 1.15 bits per heavy atom. The molecule has 0 aliphatic carbocycles. The van der Waals surface area contributed by atoms with E-state index in [0.717, 1.165) is 35.5 Å². The van der Waals surface area contributed by atoms with Crippen LogP contribution in [0.1, 0.15) is 27.3 Å². The minimum Gasteiger partial charge on any atom is -0.334 e. The fourth-order valence-electron chi connectivity index (χ4n) is 4.84. The quantitative estimate of drug-likeness (QED) is 0.581. The monoisotopic (exact) mass is 471 g/mol. The van der Waals surface area contributed by atoms with Crippen LogP contribution in [0.15, 0.2) is 54.0 Å². The van der Waals surface area contributed by atoms with Crippen LogP contribution < -0.4 is 4.90 Å². The molecule has 1 atom stereocenters. The lowest BCUT2D eigenvalue weighted by Crippen LogP contribution is -2.52. The molecule has 0 bridgehead atoms. The Labute approximate surface area is 202 Å². The molecule has 1 unspecified atom stereocenters. The van der Waals surface area contributed by atoms with Crippen molar-refractivity contribution >= 4 is 28.8 Å². The third-order valence-electron chi connectivity index (χ3n) is 6.66. The third-order valence-corrected chi connectivity index (χ3v) is 7.42. The highest BCUT2D eigenvalue weighted by atomic mass is 32.1. The minimum absolute atomic E-state index is 0.00585. The van der Waals surface area contributed by atoms with Gasteiger partial charge >= 0.3 is 0 Å². The summed E-state index contributed by atoms with van der Waals surface area (Å²) in [5, 5.41) is 11.5. The van der Waals surface area contributed by atoms with Gasteiger partial charge in [0, 0.05) is 62.5 Å². The van der Waals surface area contributed by atoms with E-state index in [1.807, 2.05) is 58.5 Å².